The summed E-state index contributed by atoms with van der Waals surface area (Å²) in [7, 11) is 3.31. The smallest absolute Gasteiger partial charge is 0.314 e. The van der Waals surface area contributed by atoms with Gasteiger partial charge in [-0.2, -0.15) is 0 Å². The van der Waals surface area contributed by atoms with Crippen molar-refractivity contribution in [2.75, 3.05) is 14.2 Å². The number of ether oxygens (including phenoxy) is 1. The van der Waals surface area contributed by atoms with E-state index in [1.807, 2.05) is 20.8 Å². The summed E-state index contributed by atoms with van der Waals surface area (Å²) in [6.07, 6.45) is 0. The first-order valence-electron chi connectivity index (χ1n) is 5.63. The minimum absolute atomic E-state index is 0.435. The standard InChI is InChI=1S/C13H19BrN2O2/c1-7-8(2)12(18-5)10(9(3)11(7)14)6-16(4)13(15)17/h6H2,1-5H3,(H2,15,17). The predicted octanol–water partition coefficient (Wildman–Crippen LogP) is 2.89. The van der Waals surface area contributed by atoms with Gasteiger partial charge >= 0.3 is 6.03 Å². The van der Waals surface area contributed by atoms with E-state index in [1.54, 1.807) is 14.2 Å². The molecule has 4 nitrogen and oxygen atoms in total. The fourth-order valence-electron chi connectivity index (χ4n) is 1.93. The van der Waals surface area contributed by atoms with Gasteiger partial charge in [-0.25, -0.2) is 4.79 Å². The first kappa shape index (κ1) is 14.8. The van der Waals surface area contributed by atoms with Crippen LogP contribution in [0.5, 0.6) is 5.75 Å². The zero-order chi connectivity index (χ0) is 14.0. The second-order valence-corrected chi connectivity index (χ2v) is 5.19. The summed E-state index contributed by atoms with van der Waals surface area (Å²) in [6.45, 7) is 6.48. The minimum Gasteiger partial charge on any atom is -0.496 e. The van der Waals surface area contributed by atoms with Crippen molar-refractivity contribution in [1.29, 1.82) is 0 Å². The Bertz CT molecular complexity index is 487. The Hall–Kier alpha value is -1.23. The second-order valence-electron chi connectivity index (χ2n) is 4.40. The Balaban J connectivity index is 3.38. The number of rotatable bonds is 3. The molecule has 1 rings (SSSR count). The van der Waals surface area contributed by atoms with Crippen molar-refractivity contribution in [3.05, 3.63) is 26.7 Å². The summed E-state index contributed by atoms with van der Waals surface area (Å²) >= 11 is 3.58. The van der Waals surface area contributed by atoms with E-state index in [0.717, 1.165) is 32.5 Å². The number of urea groups is 1. The Morgan fingerprint density at radius 3 is 2.28 bits per heavy atom. The normalized spacial score (nSPS) is 10.3. The predicted molar refractivity (Wildman–Crippen MR) is 76.0 cm³/mol. The molecule has 0 unspecified atom stereocenters. The molecule has 0 aliphatic heterocycles. The molecule has 5 heteroatoms. The van der Waals surface area contributed by atoms with Crippen LogP contribution in [0.2, 0.25) is 0 Å². The Labute approximate surface area is 116 Å². The molecule has 0 bridgehead atoms. The summed E-state index contributed by atoms with van der Waals surface area (Å²) in [6, 6.07) is -0.453. The van der Waals surface area contributed by atoms with Gasteiger partial charge in [-0.3, -0.25) is 0 Å². The van der Waals surface area contributed by atoms with E-state index in [-0.39, 0.29) is 0 Å². The molecule has 0 radical (unpaired) electrons. The van der Waals surface area contributed by atoms with Gasteiger partial charge in [-0.05, 0) is 37.5 Å². The Morgan fingerprint density at radius 1 is 1.28 bits per heavy atom. The molecule has 0 aliphatic carbocycles. The van der Waals surface area contributed by atoms with E-state index in [0.29, 0.717) is 6.54 Å². The number of benzene rings is 1. The van der Waals surface area contributed by atoms with E-state index < -0.39 is 6.03 Å². The van der Waals surface area contributed by atoms with Crippen molar-refractivity contribution in [3.8, 4) is 5.75 Å². The molecule has 1 aromatic rings. The van der Waals surface area contributed by atoms with Crippen molar-refractivity contribution in [2.45, 2.75) is 27.3 Å². The van der Waals surface area contributed by atoms with Gasteiger partial charge in [0.15, 0.2) is 0 Å². The lowest BCUT2D eigenvalue weighted by Crippen LogP contribution is -2.31. The zero-order valence-electron chi connectivity index (χ0n) is 11.4. The topological polar surface area (TPSA) is 55.6 Å². The molecule has 0 saturated heterocycles. The fraction of sp³-hybridized carbons (Fsp3) is 0.462. The van der Waals surface area contributed by atoms with Gasteiger partial charge in [-0.1, -0.05) is 15.9 Å². The van der Waals surface area contributed by atoms with Crippen LogP contribution in [-0.4, -0.2) is 25.1 Å². The number of nitrogens with zero attached hydrogens (tertiary/aromatic N) is 1. The molecule has 2 N–H and O–H groups in total. The molecular weight excluding hydrogens is 296 g/mol. The summed E-state index contributed by atoms with van der Waals surface area (Å²) in [4.78, 5) is 12.6. The highest BCUT2D eigenvalue weighted by molar-refractivity contribution is 9.10. The Morgan fingerprint density at radius 2 is 1.83 bits per heavy atom. The third-order valence-corrected chi connectivity index (χ3v) is 4.45. The summed E-state index contributed by atoms with van der Waals surface area (Å²) in [5.41, 5.74) is 9.54. The van der Waals surface area contributed by atoms with Crippen LogP contribution in [-0.2, 0) is 6.54 Å². The number of nitrogens with two attached hydrogens (primary N) is 1. The average molecular weight is 315 g/mol. The van der Waals surface area contributed by atoms with Crippen molar-refractivity contribution >= 4 is 22.0 Å². The van der Waals surface area contributed by atoms with E-state index >= 15 is 0 Å². The van der Waals surface area contributed by atoms with Gasteiger partial charge in [0, 0.05) is 17.1 Å². The highest BCUT2D eigenvalue weighted by Crippen LogP contribution is 2.36. The molecule has 0 atom stereocenters. The molecular formula is C13H19BrN2O2. The maximum absolute atomic E-state index is 11.1. The largest absolute Gasteiger partial charge is 0.496 e. The lowest BCUT2D eigenvalue weighted by Gasteiger charge is -2.22. The van der Waals surface area contributed by atoms with Crippen LogP contribution in [0, 0.1) is 20.8 Å². The van der Waals surface area contributed by atoms with Gasteiger partial charge in [0.2, 0.25) is 0 Å². The van der Waals surface area contributed by atoms with Crippen molar-refractivity contribution < 1.29 is 9.53 Å². The maximum atomic E-state index is 11.1. The molecule has 2 amide bonds. The minimum atomic E-state index is -0.453. The summed E-state index contributed by atoms with van der Waals surface area (Å²) < 4.78 is 6.52. The number of primary amides is 1. The van der Waals surface area contributed by atoms with Gasteiger partial charge < -0.3 is 15.4 Å². The molecule has 100 valence electrons. The highest BCUT2D eigenvalue weighted by Gasteiger charge is 2.18. The van der Waals surface area contributed by atoms with Gasteiger partial charge in [-0.15, -0.1) is 0 Å². The third-order valence-electron chi connectivity index (χ3n) is 3.26. The number of carbonyl (C=O) groups excluding carboxylic acids is 1. The highest BCUT2D eigenvalue weighted by atomic mass is 79.9. The van der Waals surface area contributed by atoms with E-state index in [4.69, 9.17) is 10.5 Å². The summed E-state index contributed by atoms with van der Waals surface area (Å²) in [5, 5.41) is 0. The van der Waals surface area contributed by atoms with E-state index in [2.05, 4.69) is 15.9 Å². The van der Waals surface area contributed by atoms with Crippen molar-refractivity contribution in [2.24, 2.45) is 5.73 Å². The van der Waals surface area contributed by atoms with Crippen LogP contribution in [0.25, 0.3) is 0 Å². The number of amides is 2. The lowest BCUT2D eigenvalue weighted by molar-refractivity contribution is 0.216. The second kappa shape index (κ2) is 5.61. The van der Waals surface area contributed by atoms with Gasteiger partial charge in [0.05, 0.1) is 13.7 Å². The van der Waals surface area contributed by atoms with Crippen molar-refractivity contribution in [1.82, 2.24) is 4.90 Å². The molecule has 0 saturated carbocycles. The number of methoxy groups -OCH3 is 1. The quantitative estimate of drug-likeness (QED) is 0.932. The van der Waals surface area contributed by atoms with Crippen molar-refractivity contribution in [3.63, 3.8) is 0 Å². The fourth-order valence-corrected chi connectivity index (χ4v) is 2.46. The average Bonchev–Trinajstić information content (AvgIpc) is 2.33. The number of halogens is 1. The first-order valence-corrected chi connectivity index (χ1v) is 6.43. The molecule has 0 heterocycles. The molecule has 0 aliphatic rings. The summed E-state index contributed by atoms with van der Waals surface area (Å²) in [5.74, 6) is 0.821. The Kier molecular flexibility index (Phi) is 4.62. The van der Waals surface area contributed by atoms with Gasteiger partial charge in [0.1, 0.15) is 5.75 Å². The van der Waals surface area contributed by atoms with Gasteiger partial charge in [0.25, 0.3) is 0 Å². The van der Waals surface area contributed by atoms with Crippen LogP contribution in [0.3, 0.4) is 0 Å². The molecule has 0 aromatic heterocycles. The first-order chi connectivity index (χ1) is 8.31. The van der Waals surface area contributed by atoms with Crippen LogP contribution in [0.4, 0.5) is 4.79 Å². The molecule has 0 fully saturated rings. The zero-order valence-corrected chi connectivity index (χ0v) is 13.0. The molecule has 18 heavy (non-hydrogen) atoms. The van der Waals surface area contributed by atoms with Crippen LogP contribution in [0.15, 0.2) is 4.47 Å². The number of hydrogen-bond acceptors (Lipinski definition) is 2. The maximum Gasteiger partial charge on any atom is 0.314 e. The van der Waals surface area contributed by atoms with Crippen LogP contribution < -0.4 is 10.5 Å². The number of hydrogen-bond donors (Lipinski definition) is 1. The van der Waals surface area contributed by atoms with Crippen LogP contribution >= 0.6 is 15.9 Å². The van der Waals surface area contributed by atoms with E-state index in [1.165, 1.54) is 4.90 Å². The monoisotopic (exact) mass is 314 g/mol. The van der Waals surface area contributed by atoms with E-state index in [9.17, 15) is 4.79 Å². The lowest BCUT2D eigenvalue weighted by atomic mass is 9.98. The third kappa shape index (κ3) is 2.61. The molecule has 0 spiro atoms. The molecule has 1 aromatic carbocycles. The SMILES string of the molecule is COc1c(C)c(C)c(Br)c(C)c1CN(C)C(N)=O. The van der Waals surface area contributed by atoms with Crippen LogP contribution in [0.1, 0.15) is 22.3 Å². The number of carbonyl (C=O) groups is 1.